The van der Waals surface area contributed by atoms with Gasteiger partial charge in [0.05, 0.1) is 16.3 Å². The SMILES string of the molecule is O=C(Nc1ccc(Cl)cc1)c1cc(F)c(F)cc1NC(=O)c1sc2ccccc2c1Cl. The predicted octanol–water partition coefficient (Wildman–Crippen LogP) is 6.99. The van der Waals surface area contributed by atoms with Gasteiger partial charge in [0.25, 0.3) is 11.8 Å². The highest BCUT2D eigenvalue weighted by molar-refractivity contribution is 7.21. The normalized spacial score (nSPS) is 10.8. The largest absolute Gasteiger partial charge is 0.322 e. The summed E-state index contributed by atoms with van der Waals surface area (Å²) in [7, 11) is 0. The first kappa shape index (κ1) is 21.2. The van der Waals surface area contributed by atoms with Crippen molar-refractivity contribution in [3.8, 4) is 0 Å². The van der Waals surface area contributed by atoms with Crippen molar-refractivity contribution in [3.05, 3.63) is 92.8 Å². The zero-order valence-electron chi connectivity index (χ0n) is 15.5. The van der Waals surface area contributed by atoms with E-state index in [0.717, 1.165) is 28.2 Å². The number of hydrogen-bond acceptors (Lipinski definition) is 3. The van der Waals surface area contributed by atoms with Crippen LogP contribution in [-0.4, -0.2) is 11.8 Å². The Bertz CT molecular complexity index is 1320. The fourth-order valence-electron chi connectivity index (χ4n) is 2.91. The lowest BCUT2D eigenvalue weighted by Gasteiger charge is -2.12. The van der Waals surface area contributed by atoms with Gasteiger partial charge in [0.2, 0.25) is 0 Å². The minimum Gasteiger partial charge on any atom is -0.322 e. The Labute approximate surface area is 189 Å². The van der Waals surface area contributed by atoms with Crippen molar-refractivity contribution in [3.63, 3.8) is 0 Å². The quantitative estimate of drug-likeness (QED) is 0.333. The van der Waals surface area contributed by atoms with Crippen LogP contribution in [0.1, 0.15) is 20.0 Å². The zero-order valence-corrected chi connectivity index (χ0v) is 17.8. The number of carbonyl (C=O) groups excluding carboxylic acids is 2. The molecule has 0 atom stereocenters. The van der Waals surface area contributed by atoms with Gasteiger partial charge in [-0.1, -0.05) is 41.4 Å². The van der Waals surface area contributed by atoms with E-state index in [9.17, 15) is 18.4 Å². The minimum absolute atomic E-state index is 0.191. The van der Waals surface area contributed by atoms with Gasteiger partial charge in [-0.3, -0.25) is 9.59 Å². The van der Waals surface area contributed by atoms with Gasteiger partial charge >= 0.3 is 0 Å². The van der Waals surface area contributed by atoms with Gasteiger partial charge in [-0.25, -0.2) is 8.78 Å². The van der Waals surface area contributed by atoms with Crippen LogP contribution in [0.5, 0.6) is 0 Å². The summed E-state index contributed by atoms with van der Waals surface area (Å²) in [4.78, 5) is 25.7. The molecule has 0 unspecified atom stereocenters. The van der Waals surface area contributed by atoms with Crippen molar-refractivity contribution >= 4 is 67.8 Å². The molecule has 0 radical (unpaired) electrons. The minimum atomic E-state index is -1.22. The highest BCUT2D eigenvalue weighted by atomic mass is 35.5. The Morgan fingerprint density at radius 2 is 1.52 bits per heavy atom. The van der Waals surface area contributed by atoms with E-state index in [1.807, 2.05) is 12.1 Å². The average molecular weight is 477 g/mol. The fourth-order valence-corrected chi connectivity index (χ4v) is 4.45. The maximum Gasteiger partial charge on any atom is 0.267 e. The first-order valence-electron chi connectivity index (χ1n) is 8.88. The molecule has 4 aromatic rings. The van der Waals surface area contributed by atoms with Gasteiger partial charge in [-0.15, -0.1) is 11.3 Å². The third-order valence-electron chi connectivity index (χ3n) is 4.40. The number of nitrogens with one attached hydrogen (secondary N) is 2. The molecule has 0 spiro atoms. The molecule has 4 rings (SSSR count). The summed E-state index contributed by atoms with van der Waals surface area (Å²) in [5.41, 5.74) is -0.0488. The van der Waals surface area contributed by atoms with Crippen LogP contribution in [0.15, 0.2) is 60.7 Å². The van der Waals surface area contributed by atoms with Gasteiger partial charge in [0, 0.05) is 26.9 Å². The summed E-state index contributed by atoms with van der Waals surface area (Å²) in [6.45, 7) is 0. The van der Waals surface area contributed by atoms with Gasteiger partial charge < -0.3 is 10.6 Å². The molecule has 2 N–H and O–H groups in total. The molecule has 0 aliphatic rings. The number of thiophene rings is 1. The Morgan fingerprint density at radius 3 is 2.23 bits per heavy atom. The summed E-state index contributed by atoms with van der Waals surface area (Å²) in [6.07, 6.45) is 0. The first-order chi connectivity index (χ1) is 14.8. The molecule has 0 saturated carbocycles. The Morgan fingerprint density at radius 1 is 0.839 bits per heavy atom. The number of amides is 2. The third kappa shape index (κ3) is 4.39. The topological polar surface area (TPSA) is 58.2 Å². The Hall–Kier alpha value is -3.00. The average Bonchev–Trinajstić information content (AvgIpc) is 3.09. The van der Waals surface area contributed by atoms with Gasteiger partial charge in [-0.2, -0.15) is 0 Å². The van der Waals surface area contributed by atoms with Crippen LogP contribution < -0.4 is 10.6 Å². The van der Waals surface area contributed by atoms with Crippen LogP contribution in [0.25, 0.3) is 10.1 Å². The van der Waals surface area contributed by atoms with Crippen molar-refractivity contribution in [2.75, 3.05) is 10.6 Å². The lowest BCUT2D eigenvalue weighted by Crippen LogP contribution is -2.18. The molecule has 9 heteroatoms. The summed E-state index contributed by atoms with van der Waals surface area (Å²) >= 11 is 13.3. The molecule has 0 saturated heterocycles. The monoisotopic (exact) mass is 476 g/mol. The molecular weight excluding hydrogens is 465 g/mol. The lowest BCUT2D eigenvalue weighted by molar-refractivity contribution is 0.102. The molecule has 1 heterocycles. The van der Waals surface area contributed by atoms with Crippen molar-refractivity contribution in [2.45, 2.75) is 0 Å². The van der Waals surface area contributed by atoms with E-state index in [1.165, 1.54) is 0 Å². The van der Waals surface area contributed by atoms with E-state index in [4.69, 9.17) is 23.2 Å². The van der Waals surface area contributed by atoms with E-state index >= 15 is 0 Å². The maximum absolute atomic E-state index is 13.9. The van der Waals surface area contributed by atoms with Crippen molar-refractivity contribution < 1.29 is 18.4 Å². The molecule has 0 bridgehead atoms. The van der Waals surface area contributed by atoms with Gasteiger partial charge in [-0.05, 0) is 36.4 Å². The number of halogens is 4. The van der Waals surface area contributed by atoms with Crippen molar-refractivity contribution in [2.24, 2.45) is 0 Å². The number of hydrogen-bond donors (Lipinski definition) is 2. The van der Waals surface area contributed by atoms with Crippen LogP contribution >= 0.6 is 34.5 Å². The number of rotatable bonds is 4. The summed E-state index contributed by atoms with van der Waals surface area (Å²) in [6, 6.07) is 14.9. The molecule has 4 nitrogen and oxygen atoms in total. The van der Waals surface area contributed by atoms with Crippen molar-refractivity contribution in [1.29, 1.82) is 0 Å². The second-order valence-corrected chi connectivity index (χ2v) is 8.33. The summed E-state index contributed by atoms with van der Waals surface area (Å²) < 4.78 is 28.6. The molecule has 156 valence electrons. The molecule has 1 aromatic heterocycles. The number of fused-ring (bicyclic) bond motifs is 1. The second-order valence-electron chi connectivity index (χ2n) is 6.47. The lowest BCUT2D eigenvalue weighted by atomic mass is 10.1. The number of anilines is 2. The fraction of sp³-hybridized carbons (Fsp3) is 0. The van der Waals surface area contributed by atoms with Crippen LogP contribution in [-0.2, 0) is 0 Å². The third-order valence-corrected chi connectivity index (χ3v) is 6.32. The first-order valence-corrected chi connectivity index (χ1v) is 10.4. The maximum atomic E-state index is 13.9. The molecule has 0 aliphatic heterocycles. The van der Waals surface area contributed by atoms with Gasteiger partial charge in [0.1, 0.15) is 4.88 Å². The highest BCUT2D eigenvalue weighted by Crippen LogP contribution is 2.36. The van der Waals surface area contributed by atoms with Crippen LogP contribution in [0, 0.1) is 11.6 Å². The highest BCUT2D eigenvalue weighted by Gasteiger charge is 2.22. The van der Waals surface area contributed by atoms with E-state index in [1.54, 1.807) is 36.4 Å². The van der Waals surface area contributed by atoms with E-state index in [-0.39, 0.29) is 21.2 Å². The van der Waals surface area contributed by atoms with E-state index in [0.29, 0.717) is 16.1 Å². The Balaban J connectivity index is 1.66. The van der Waals surface area contributed by atoms with E-state index < -0.39 is 23.4 Å². The molecule has 0 fully saturated rings. The standard InChI is InChI=1S/C22H12Cl2F2N2O2S/c23-11-5-7-12(8-6-11)27-21(29)14-9-15(25)16(26)10-17(14)28-22(30)20-19(24)13-3-1-2-4-18(13)31-20/h1-10H,(H,27,29)(H,28,30). The Kier molecular flexibility index (Phi) is 5.91. The van der Waals surface area contributed by atoms with E-state index in [2.05, 4.69) is 10.6 Å². The van der Waals surface area contributed by atoms with Crippen LogP contribution in [0.2, 0.25) is 10.0 Å². The van der Waals surface area contributed by atoms with Crippen molar-refractivity contribution in [1.82, 2.24) is 0 Å². The molecule has 31 heavy (non-hydrogen) atoms. The van der Waals surface area contributed by atoms with Gasteiger partial charge in [0.15, 0.2) is 11.6 Å². The molecule has 0 aliphatic carbocycles. The molecular formula is C22H12Cl2F2N2O2S. The van der Waals surface area contributed by atoms with Crippen LogP contribution in [0.4, 0.5) is 20.2 Å². The summed E-state index contributed by atoms with van der Waals surface area (Å²) in [5.74, 6) is -3.81. The smallest absolute Gasteiger partial charge is 0.267 e. The molecule has 3 aromatic carbocycles. The second kappa shape index (κ2) is 8.63. The number of carbonyl (C=O) groups is 2. The number of benzene rings is 3. The zero-order chi connectivity index (χ0) is 22.1. The van der Waals surface area contributed by atoms with Crippen LogP contribution in [0.3, 0.4) is 0 Å². The summed E-state index contributed by atoms with van der Waals surface area (Å²) in [5, 5.41) is 6.44. The molecule has 2 amide bonds. The predicted molar refractivity (Wildman–Crippen MR) is 121 cm³/mol.